The van der Waals surface area contributed by atoms with Crippen molar-refractivity contribution < 1.29 is 5.11 Å². The molecule has 6 heteroatoms. The fraction of sp³-hybridized carbons (Fsp3) is 0.500. The van der Waals surface area contributed by atoms with Gasteiger partial charge < -0.3 is 16.2 Å². The lowest BCUT2D eigenvalue weighted by Crippen LogP contribution is -2.47. The summed E-state index contributed by atoms with van der Waals surface area (Å²) in [4.78, 5) is 5.71. The first-order valence-electron chi connectivity index (χ1n) is 6.02. The van der Waals surface area contributed by atoms with Gasteiger partial charge in [-0.15, -0.1) is 0 Å². The highest BCUT2D eigenvalue weighted by Crippen LogP contribution is 2.22. The van der Waals surface area contributed by atoms with E-state index >= 15 is 0 Å². The average Bonchev–Trinajstić information content (AvgIpc) is 2.39. The van der Waals surface area contributed by atoms with Crippen molar-refractivity contribution in [3.63, 3.8) is 0 Å². The maximum Gasteiger partial charge on any atom is 0.160 e. The number of aliphatic hydroxyl groups is 1. The van der Waals surface area contributed by atoms with Crippen LogP contribution in [0.4, 0.5) is 0 Å². The van der Waals surface area contributed by atoms with Gasteiger partial charge in [-0.3, -0.25) is 15.6 Å². The number of nitrogens with one attached hydrogen (secondary N) is 1. The fourth-order valence-corrected chi connectivity index (χ4v) is 2.19. The van der Waals surface area contributed by atoms with E-state index in [9.17, 15) is 5.11 Å². The van der Waals surface area contributed by atoms with Crippen molar-refractivity contribution in [3.8, 4) is 0 Å². The summed E-state index contributed by atoms with van der Waals surface area (Å²) in [6.45, 7) is 1.06. The Balaban J connectivity index is 2.13. The first-order chi connectivity index (χ1) is 8.59. The zero-order valence-corrected chi connectivity index (χ0v) is 10.2. The molecule has 0 saturated heterocycles. The lowest BCUT2D eigenvalue weighted by atomic mass is 9.90. The molecular weight excluding hydrogens is 230 g/mol. The standard InChI is InChI=1S/C12H19N5O/c13-10-3-6-17(12(15)18)7-9(10)11(14)8-1-4-16-5-2-8/h1,4-5,8,12,14,18H,2-3,6-7,13,15H2. The van der Waals surface area contributed by atoms with Gasteiger partial charge in [0.05, 0.1) is 0 Å². The minimum atomic E-state index is -0.996. The number of nitrogens with zero attached hydrogens (tertiary/aromatic N) is 2. The van der Waals surface area contributed by atoms with E-state index in [1.807, 2.05) is 6.08 Å². The van der Waals surface area contributed by atoms with Gasteiger partial charge in [0.2, 0.25) is 0 Å². The second kappa shape index (κ2) is 5.43. The van der Waals surface area contributed by atoms with Crippen molar-refractivity contribution in [3.05, 3.63) is 23.5 Å². The third kappa shape index (κ3) is 2.66. The smallest absolute Gasteiger partial charge is 0.160 e. The molecule has 0 aliphatic carbocycles. The Labute approximate surface area is 106 Å². The molecule has 18 heavy (non-hydrogen) atoms. The molecule has 0 fully saturated rings. The molecule has 0 amide bonds. The van der Waals surface area contributed by atoms with Crippen molar-refractivity contribution in [2.45, 2.75) is 19.2 Å². The Bertz CT molecular complexity index is 424. The fourth-order valence-electron chi connectivity index (χ4n) is 2.19. The van der Waals surface area contributed by atoms with E-state index < -0.39 is 6.35 Å². The minimum absolute atomic E-state index is 0.0194. The van der Waals surface area contributed by atoms with E-state index in [2.05, 4.69) is 4.99 Å². The summed E-state index contributed by atoms with van der Waals surface area (Å²) in [7, 11) is 0. The summed E-state index contributed by atoms with van der Waals surface area (Å²) in [5.74, 6) is 0.0194. The molecule has 2 unspecified atom stereocenters. The van der Waals surface area contributed by atoms with E-state index in [-0.39, 0.29) is 5.92 Å². The van der Waals surface area contributed by atoms with Gasteiger partial charge in [-0.05, 0) is 6.42 Å². The van der Waals surface area contributed by atoms with Crippen LogP contribution in [0.5, 0.6) is 0 Å². The lowest BCUT2D eigenvalue weighted by Gasteiger charge is -2.32. The van der Waals surface area contributed by atoms with Crippen LogP contribution in [0.2, 0.25) is 0 Å². The number of rotatable bonds is 3. The lowest BCUT2D eigenvalue weighted by molar-refractivity contribution is 0.0135. The zero-order valence-electron chi connectivity index (χ0n) is 10.2. The molecule has 0 radical (unpaired) electrons. The Morgan fingerprint density at radius 3 is 3.00 bits per heavy atom. The molecular formula is C12H19N5O. The molecule has 2 aliphatic heterocycles. The summed E-state index contributed by atoms with van der Waals surface area (Å²) in [6, 6.07) is 0. The summed E-state index contributed by atoms with van der Waals surface area (Å²) >= 11 is 0. The van der Waals surface area contributed by atoms with E-state index in [4.69, 9.17) is 16.9 Å². The van der Waals surface area contributed by atoms with E-state index in [0.717, 1.165) is 17.7 Å². The molecule has 2 heterocycles. The van der Waals surface area contributed by atoms with Crippen LogP contribution in [0.3, 0.4) is 0 Å². The summed E-state index contributed by atoms with van der Waals surface area (Å²) in [6.07, 6.45) is 5.77. The maximum atomic E-state index is 9.41. The Morgan fingerprint density at radius 1 is 1.61 bits per heavy atom. The van der Waals surface area contributed by atoms with E-state index in [0.29, 0.717) is 25.2 Å². The van der Waals surface area contributed by atoms with Crippen LogP contribution in [0.15, 0.2) is 28.5 Å². The third-order valence-corrected chi connectivity index (χ3v) is 3.36. The molecule has 0 aromatic carbocycles. The third-order valence-electron chi connectivity index (χ3n) is 3.36. The highest BCUT2D eigenvalue weighted by Gasteiger charge is 2.26. The van der Waals surface area contributed by atoms with Gasteiger partial charge in [-0.1, -0.05) is 6.08 Å². The highest BCUT2D eigenvalue weighted by atomic mass is 16.3. The summed E-state index contributed by atoms with van der Waals surface area (Å²) < 4.78 is 0. The molecule has 6 nitrogen and oxygen atoms in total. The van der Waals surface area contributed by atoms with Gasteiger partial charge in [0.25, 0.3) is 0 Å². The normalized spacial score (nSPS) is 26.4. The molecule has 0 spiro atoms. The van der Waals surface area contributed by atoms with Crippen molar-refractivity contribution in [2.24, 2.45) is 22.4 Å². The quantitative estimate of drug-likeness (QED) is 0.408. The molecule has 98 valence electrons. The van der Waals surface area contributed by atoms with Crippen molar-refractivity contribution in [1.29, 1.82) is 5.41 Å². The van der Waals surface area contributed by atoms with Crippen LogP contribution in [0.25, 0.3) is 0 Å². The monoisotopic (exact) mass is 249 g/mol. The predicted molar refractivity (Wildman–Crippen MR) is 71.1 cm³/mol. The van der Waals surface area contributed by atoms with E-state index in [1.54, 1.807) is 17.3 Å². The SMILES string of the molecule is N=C(C1=C(N)CCN(C(N)O)C1)C1C=CN=CC1. The van der Waals surface area contributed by atoms with Gasteiger partial charge in [-0.2, -0.15) is 0 Å². The topological polar surface area (TPSA) is 112 Å². The van der Waals surface area contributed by atoms with Gasteiger partial charge in [0.15, 0.2) is 6.35 Å². The average molecular weight is 249 g/mol. The number of hydrogen-bond donors (Lipinski definition) is 4. The van der Waals surface area contributed by atoms with Crippen molar-refractivity contribution in [1.82, 2.24) is 4.90 Å². The summed E-state index contributed by atoms with van der Waals surface area (Å²) in [5, 5.41) is 17.6. The first-order valence-corrected chi connectivity index (χ1v) is 6.02. The zero-order chi connectivity index (χ0) is 13.1. The van der Waals surface area contributed by atoms with Crippen LogP contribution in [0, 0.1) is 11.3 Å². The van der Waals surface area contributed by atoms with Crippen molar-refractivity contribution in [2.75, 3.05) is 13.1 Å². The molecule has 2 aliphatic rings. The number of aliphatic imine (C=N–C) groups is 1. The maximum absolute atomic E-state index is 9.41. The molecule has 0 saturated carbocycles. The Morgan fingerprint density at radius 2 is 2.39 bits per heavy atom. The molecule has 0 aromatic rings. The van der Waals surface area contributed by atoms with Crippen LogP contribution in [-0.4, -0.2) is 41.4 Å². The number of nitrogens with two attached hydrogens (primary N) is 2. The minimum Gasteiger partial charge on any atom is -0.402 e. The number of hydrogen-bond acceptors (Lipinski definition) is 6. The van der Waals surface area contributed by atoms with Crippen LogP contribution in [0.1, 0.15) is 12.8 Å². The van der Waals surface area contributed by atoms with Gasteiger partial charge >= 0.3 is 0 Å². The molecule has 6 N–H and O–H groups in total. The highest BCUT2D eigenvalue weighted by molar-refractivity contribution is 6.02. The molecule has 0 aromatic heterocycles. The van der Waals surface area contributed by atoms with Gasteiger partial charge in [0.1, 0.15) is 0 Å². The van der Waals surface area contributed by atoms with Crippen LogP contribution < -0.4 is 11.5 Å². The number of allylic oxidation sites excluding steroid dienone is 1. The first kappa shape index (κ1) is 12.9. The molecule has 0 bridgehead atoms. The molecule has 2 atom stereocenters. The van der Waals surface area contributed by atoms with Crippen LogP contribution >= 0.6 is 0 Å². The van der Waals surface area contributed by atoms with Gasteiger partial charge in [0, 0.05) is 54.8 Å². The van der Waals surface area contributed by atoms with Crippen molar-refractivity contribution >= 4 is 11.9 Å². The van der Waals surface area contributed by atoms with Gasteiger partial charge in [-0.25, -0.2) is 0 Å². The Kier molecular flexibility index (Phi) is 3.90. The van der Waals surface area contributed by atoms with Crippen LogP contribution in [-0.2, 0) is 0 Å². The summed E-state index contributed by atoms with van der Waals surface area (Å²) in [5.41, 5.74) is 13.5. The van der Waals surface area contributed by atoms with E-state index in [1.165, 1.54) is 0 Å². The largest absolute Gasteiger partial charge is 0.402 e. The molecule has 2 rings (SSSR count). The second-order valence-electron chi connectivity index (χ2n) is 4.57. The number of aliphatic hydroxyl groups excluding tert-OH is 1. The predicted octanol–water partition coefficient (Wildman–Crippen LogP) is -0.236. The second-order valence-corrected chi connectivity index (χ2v) is 4.57. The Hall–Kier alpha value is -1.50.